The van der Waals surface area contributed by atoms with Crippen LogP contribution >= 0.6 is 0 Å². The Kier molecular flexibility index (Phi) is 8.85. The van der Waals surface area contributed by atoms with E-state index in [4.69, 9.17) is 0 Å². The van der Waals surface area contributed by atoms with Crippen molar-refractivity contribution in [1.29, 1.82) is 0 Å². The number of hydrogen-bond donors (Lipinski definition) is 2. The number of nitrogens with zero attached hydrogens (tertiary/aromatic N) is 1. The fraction of sp³-hybridized carbons (Fsp3) is 0.462. The Morgan fingerprint density at radius 3 is 2.21 bits per heavy atom. The lowest BCUT2D eigenvalue weighted by molar-refractivity contribution is -0.131. The number of rotatable bonds is 9. The normalized spacial score (nSPS) is 17.0. The summed E-state index contributed by atoms with van der Waals surface area (Å²) in [5, 5.41) is 5.77. The summed E-state index contributed by atoms with van der Waals surface area (Å²) in [5.41, 5.74) is 2.22. The molecule has 1 unspecified atom stereocenters. The average Bonchev–Trinajstić information content (AvgIpc) is 2.83. The van der Waals surface area contributed by atoms with Gasteiger partial charge >= 0.3 is 0 Å². The quantitative estimate of drug-likeness (QED) is 0.571. The van der Waals surface area contributed by atoms with Crippen LogP contribution < -0.4 is 10.6 Å². The van der Waals surface area contributed by atoms with Crippen LogP contribution in [0.1, 0.15) is 44.2 Å². The summed E-state index contributed by atoms with van der Waals surface area (Å²) >= 11 is 0. The molecular weight excluding hydrogens is 450 g/mol. The first kappa shape index (κ1) is 25.9. The van der Waals surface area contributed by atoms with Crippen LogP contribution in [-0.4, -0.2) is 49.7 Å². The maximum absolute atomic E-state index is 12.9. The Morgan fingerprint density at radius 2 is 1.59 bits per heavy atom. The molecule has 7 nitrogen and oxygen atoms in total. The highest BCUT2D eigenvalue weighted by atomic mass is 32.2. The van der Waals surface area contributed by atoms with E-state index in [9.17, 15) is 18.0 Å². The first-order valence-electron chi connectivity index (χ1n) is 11.9. The van der Waals surface area contributed by atoms with Crippen LogP contribution in [0.2, 0.25) is 0 Å². The number of carbonyl (C=O) groups excluding carboxylic acids is 2. The van der Waals surface area contributed by atoms with Gasteiger partial charge in [-0.1, -0.05) is 48.0 Å². The van der Waals surface area contributed by atoms with Gasteiger partial charge in [-0.25, -0.2) is 8.42 Å². The van der Waals surface area contributed by atoms with Crippen molar-refractivity contribution in [3.63, 3.8) is 0 Å². The molecule has 2 N–H and O–H groups in total. The zero-order valence-electron chi connectivity index (χ0n) is 20.2. The predicted octanol–water partition coefficient (Wildman–Crippen LogP) is 3.04. The highest BCUT2D eigenvalue weighted by Gasteiger charge is 2.33. The van der Waals surface area contributed by atoms with Gasteiger partial charge in [0.05, 0.1) is 4.90 Å². The molecule has 2 aromatic carbocycles. The molecule has 34 heavy (non-hydrogen) atoms. The molecular formula is C26H35N3O4S. The third kappa shape index (κ3) is 6.90. The second-order valence-electron chi connectivity index (χ2n) is 9.16. The van der Waals surface area contributed by atoms with E-state index < -0.39 is 16.1 Å². The maximum atomic E-state index is 12.9. The fourth-order valence-electron chi connectivity index (χ4n) is 4.08. The Hall–Kier alpha value is -2.71. The van der Waals surface area contributed by atoms with Crippen molar-refractivity contribution in [2.45, 2.75) is 63.4 Å². The molecule has 0 spiro atoms. The third-order valence-electron chi connectivity index (χ3n) is 6.33. The zero-order chi connectivity index (χ0) is 24.7. The first-order valence-corrected chi connectivity index (χ1v) is 13.3. The first-order chi connectivity index (χ1) is 16.2. The zero-order valence-corrected chi connectivity index (χ0v) is 21.0. The summed E-state index contributed by atoms with van der Waals surface area (Å²) in [6.07, 6.45) is 2.54. The van der Waals surface area contributed by atoms with Crippen molar-refractivity contribution in [2.75, 3.05) is 13.1 Å². The summed E-state index contributed by atoms with van der Waals surface area (Å²) in [6, 6.07) is 16.2. The van der Waals surface area contributed by atoms with Crippen LogP contribution in [0.5, 0.6) is 0 Å². The van der Waals surface area contributed by atoms with Crippen molar-refractivity contribution in [3.05, 3.63) is 65.7 Å². The highest BCUT2D eigenvalue weighted by Crippen LogP contribution is 2.24. The predicted molar refractivity (Wildman–Crippen MR) is 133 cm³/mol. The number of piperidine rings is 1. The number of carbonyl (C=O) groups is 2. The molecule has 3 rings (SSSR count). The third-order valence-corrected chi connectivity index (χ3v) is 8.25. The highest BCUT2D eigenvalue weighted by molar-refractivity contribution is 7.89. The molecule has 2 amide bonds. The molecule has 1 aliphatic rings. The molecule has 1 fully saturated rings. The van der Waals surface area contributed by atoms with Gasteiger partial charge in [0.1, 0.15) is 6.04 Å². The van der Waals surface area contributed by atoms with Gasteiger partial charge in [0.15, 0.2) is 0 Å². The van der Waals surface area contributed by atoms with Crippen molar-refractivity contribution in [3.8, 4) is 0 Å². The van der Waals surface area contributed by atoms with Crippen LogP contribution in [-0.2, 0) is 26.0 Å². The molecule has 0 radical (unpaired) electrons. The summed E-state index contributed by atoms with van der Waals surface area (Å²) in [4.78, 5) is 25.5. The van der Waals surface area contributed by atoms with Gasteiger partial charge in [-0.3, -0.25) is 9.59 Å². The van der Waals surface area contributed by atoms with Crippen molar-refractivity contribution >= 4 is 21.8 Å². The molecule has 8 heteroatoms. The van der Waals surface area contributed by atoms with Crippen LogP contribution in [0, 0.1) is 12.8 Å². The van der Waals surface area contributed by atoms with Gasteiger partial charge in [-0.15, -0.1) is 0 Å². The van der Waals surface area contributed by atoms with Crippen LogP contribution in [0.25, 0.3) is 0 Å². The second kappa shape index (κ2) is 11.6. The molecule has 1 heterocycles. The van der Waals surface area contributed by atoms with Gasteiger partial charge in [0, 0.05) is 25.0 Å². The van der Waals surface area contributed by atoms with Crippen molar-refractivity contribution in [1.82, 2.24) is 14.9 Å². The minimum absolute atomic E-state index is 0.0118. The largest absolute Gasteiger partial charge is 0.352 e. The lowest BCUT2D eigenvalue weighted by Crippen LogP contribution is -2.50. The smallest absolute Gasteiger partial charge is 0.243 e. The number of benzene rings is 2. The lowest BCUT2D eigenvalue weighted by atomic mass is 9.97. The van der Waals surface area contributed by atoms with E-state index in [-0.39, 0.29) is 41.8 Å². The van der Waals surface area contributed by atoms with Gasteiger partial charge in [-0.2, -0.15) is 4.31 Å². The van der Waals surface area contributed by atoms with E-state index in [0.717, 1.165) is 18.4 Å². The summed E-state index contributed by atoms with van der Waals surface area (Å²) in [6.45, 7) is 6.11. The molecule has 1 aliphatic heterocycles. The number of amides is 2. The molecule has 0 saturated carbocycles. The molecule has 1 saturated heterocycles. The maximum Gasteiger partial charge on any atom is 0.243 e. The van der Waals surface area contributed by atoms with Gasteiger partial charge < -0.3 is 10.6 Å². The SMILES string of the molecule is Cc1ccc(S(=O)(=O)N2CCC(C(=O)N[C@@H](C)C(=O)NC(C)CCc3ccccc3)CC2)cc1. The van der Waals surface area contributed by atoms with Crippen molar-refractivity contribution < 1.29 is 18.0 Å². The number of nitrogens with one attached hydrogen (secondary N) is 2. The fourth-order valence-corrected chi connectivity index (χ4v) is 5.55. The monoisotopic (exact) mass is 485 g/mol. The Morgan fingerprint density at radius 1 is 0.971 bits per heavy atom. The van der Waals surface area contributed by atoms with Crippen LogP contribution in [0.4, 0.5) is 0 Å². The van der Waals surface area contributed by atoms with Gasteiger partial charge in [0.25, 0.3) is 0 Å². The van der Waals surface area contributed by atoms with E-state index in [2.05, 4.69) is 22.8 Å². The average molecular weight is 486 g/mol. The summed E-state index contributed by atoms with van der Waals surface area (Å²) < 4.78 is 27.2. The number of hydrogen-bond acceptors (Lipinski definition) is 4. The van der Waals surface area contributed by atoms with Gasteiger partial charge in [-0.05, 0) is 64.2 Å². The van der Waals surface area contributed by atoms with E-state index in [1.807, 2.05) is 32.0 Å². The molecule has 2 atom stereocenters. The van der Waals surface area contributed by atoms with E-state index in [0.29, 0.717) is 12.8 Å². The number of sulfonamides is 1. The Bertz CT molecular complexity index is 1060. The number of aryl methyl sites for hydroxylation is 2. The van der Waals surface area contributed by atoms with Crippen LogP contribution in [0.3, 0.4) is 0 Å². The standard InChI is InChI=1S/C26H35N3O4S/c1-19-9-13-24(14-10-19)34(32,33)29-17-15-23(16-18-29)26(31)28-21(3)25(30)27-20(2)11-12-22-7-5-4-6-8-22/h4-10,13-14,20-21,23H,11-12,15-18H2,1-3H3,(H,27,30)(H,28,31)/t20?,21-/m0/s1. The lowest BCUT2D eigenvalue weighted by Gasteiger charge is -2.31. The summed E-state index contributed by atoms with van der Waals surface area (Å²) in [7, 11) is -3.57. The molecule has 2 aromatic rings. The van der Waals surface area contributed by atoms with E-state index in [1.54, 1.807) is 31.2 Å². The van der Waals surface area contributed by atoms with Crippen LogP contribution in [0.15, 0.2) is 59.5 Å². The van der Waals surface area contributed by atoms with E-state index in [1.165, 1.54) is 9.87 Å². The van der Waals surface area contributed by atoms with Gasteiger partial charge in [0.2, 0.25) is 21.8 Å². The molecule has 0 aliphatic carbocycles. The molecule has 184 valence electrons. The molecule has 0 bridgehead atoms. The van der Waals surface area contributed by atoms with E-state index >= 15 is 0 Å². The minimum Gasteiger partial charge on any atom is -0.352 e. The molecule has 0 aromatic heterocycles. The topological polar surface area (TPSA) is 95.6 Å². The summed E-state index contributed by atoms with van der Waals surface area (Å²) in [5.74, 6) is -0.726. The Labute approximate surface area is 203 Å². The second-order valence-corrected chi connectivity index (χ2v) is 11.1. The Balaban J connectivity index is 1.44. The van der Waals surface area contributed by atoms with Crippen molar-refractivity contribution in [2.24, 2.45) is 5.92 Å². The minimum atomic E-state index is -3.57.